The second kappa shape index (κ2) is 11.5. The van der Waals surface area contributed by atoms with Crippen molar-refractivity contribution >= 4 is 17.7 Å². The molecule has 0 spiro atoms. The van der Waals surface area contributed by atoms with Gasteiger partial charge in [-0.3, -0.25) is 4.79 Å². The number of ether oxygens (including phenoxy) is 4. The van der Waals surface area contributed by atoms with E-state index in [1.165, 1.54) is 7.11 Å². The minimum atomic E-state index is -0.629. The zero-order valence-electron chi connectivity index (χ0n) is 22.5. The van der Waals surface area contributed by atoms with Crippen LogP contribution in [-0.2, 0) is 23.8 Å². The Morgan fingerprint density at radius 3 is 2.49 bits per heavy atom. The molecule has 1 fully saturated rings. The Labute approximate surface area is 228 Å². The standard InChI is InChI=1S/C31H33NO7/c1-18-27(31(35)39-17-22-7-6-14-38-22)28(19-10-12-20(13-11-19)30(34)37-3)29-24(32-18)15-21(16-25(29)33)23-8-4-5-9-26(23)36-2/h4-5,8-13,21-22,28,32H,6-7,14-17H2,1-3H3/t21-,22-,28-/m0/s1. The molecular weight excluding hydrogens is 498 g/mol. The number of ketones is 1. The maximum absolute atomic E-state index is 13.9. The van der Waals surface area contributed by atoms with Crippen LogP contribution in [0.4, 0.5) is 0 Å². The highest BCUT2D eigenvalue weighted by molar-refractivity contribution is 6.04. The van der Waals surface area contributed by atoms with E-state index in [1.807, 2.05) is 31.2 Å². The van der Waals surface area contributed by atoms with E-state index in [1.54, 1.807) is 31.4 Å². The Balaban J connectivity index is 1.52. The first-order chi connectivity index (χ1) is 18.9. The predicted molar refractivity (Wildman–Crippen MR) is 143 cm³/mol. The minimum Gasteiger partial charge on any atom is -0.496 e. The number of hydrogen-bond acceptors (Lipinski definition) is 8. The molecule has 204 valence electrons. The van der Waals surface area contributed by atoms with E-state index in [2.05, 4.69) is 5.32 Å². The number of hydrogen-bond donors (Lipinski definition) is 1. The van der Waals surface area contributed by atoms with E-state index in [9.17, 15) is 14.4 Å². The first-order valence-electron chi connectivity index (χ1n) is 13.2. The van der Waals surface area contributed by atoms with Crippen molar-refractivity contribution < 1.29 is 33.3 Å². The molecule has 8 heteroatoms. The fourth-order valence-electron chi connectivity index (χ4n) is 5.82. The number of methoxy groups -OCH3 is 2. The van der Waals surface area contributed by atoms with E-state index < -0.39 is 17.9 Å². The van der Waals surface area contributed by atoms with Gasteiger partial charge < -0.3 is 24.3 Å². The van der Waals surface area contributed by atoms with Crippen LogP contribution in [0.1, 0.15) is 65.9 Å². The summed E-state index contributed by atoms with van der Waals surface area (Å²) in [4.78, 5) is 39.4. The van der Waals surface area contributed by atoms with E-state index in [0.717, 1.165) is 35.4 Å². The molecule has 2 heterocycles. The van der Waals surface area contributed by atoms with Gasteiger partial charge in [0.05, 0.1) is 31.5 Å². The van der Waals surface area contributed by atoms with Crippen molar-refractivity contribution in [3.63, 3.8) is 0 Å². The van der Waals surface area contributed by atoms with Crippen molar-refractivity contribution in [2.45, 2.75) is 50.5 Å². The molecule has 1 N–H and O–H groups in total. The first kappa shape index (κ1) is 26.7. The van der Waals surface area contributed by atoms with Gasteiger partial charge in [0.15, 0.2) is 5.78 Å². The van der Waals surface area contributed by atoms with E-state index in [4.69, 9.17) is 18.9 Å². The van der Waals surface area contributed by atoms with Crippen molar-refractivity contribution in [2.75, 3.05) is 27.4 Å². The second-order valence-electron chi connectivity index (χ2n) is 10.1. The number of carbonyl (C=O) groups excluding carboxylic acids is 3. The Kier molecular flexibility index (Phi) is 7.84. The lowest BCUT2D eigenvalue weighted by atomic mass is 9.71. The number of benzene rings is 2. The molecule has 2 aromatic carbocycles. The van der Waals surface area contributed by atoms with Gasteiger partial charge >= 0.3 is 11.9 Å². The Morgan fingerprint density at radius 2 is 1.79 bits per heavy atom. The molecule has 0 radical (unpaired) electrons. The van der Waals surface area contributed by atoms with Gasteiger partial charge in [-0.05, 0) is 55.5 Å². The number of esters is 2. The number of allylic oxidation sites excluding steroid dienone is 3. The van der Waals surface area contributed by atoms with Gasteiger partial charge in [-0.2, -0.15) is 0 Å². The van der Waals surface area contributed by atoms with Gasteiger partial charge in [0.1, 0.15) is 12.4 Å². The normalized spacial score (nSPS) is 22.7. The van der Waals surface area contributed by atoms with E-state index >= 15 is 0 Å². The van der Waals surface area contributed by atoms with Crippen LogP contribution in [-0.4, -0.2) is 51.3 Å². The average molecular weight is 532 g/mol. The summed E-state index contributed by atoms with van der Waals surface area (Å²) in [6, 6.07) is 14.6. The highest BCUT2D eigenvalue weighted by Gasteiger charge is 2.42. The highest BCUT2D eigenvalue weighted by atomic mass is 16.6. The first-order valence-corrected chi connectivity index (χ1v) is 13.2. The van der Waals surface area contributed by atoms with Crippen molar-refractivity contribution in [2.24, 2.45) is 0 Å². The predicted octanol–water partition coefficient (Wildman–Crippen LogP) is 4.57. The zero-order valence-corrected chi connectivity index (χ0v) is 22.5. The second-order valence-corrected chi connectivity index (χ2v) is 10.1. The van der Waals surface area contributed by atoms with Crippen LogP contribution in [0.5, 0.6) is 5.75 Å². The number of carbonyl (C=O) groups is 3. The fraction of sp³-hybridized carbons (Fsp3) is 0.387. The van der Waals surface area contributed by atoms with Crippen LogP contribution in [0.25, 0.3) is 0 Å². The summed E-state index contributed by atoms with van der Waals surface area (Å²) in [6.45, 7) is 2.66. The summed E-state index contributed by atoms with van der Waals surface area (Å²) in [7, 11) is 2.95. The zero-order chi connectivity index (χ0) is 27.5. The lowest BCUT2D eigenvalue weighted by Gasteiger charge is -2.37. The van der Waals surface area contributed by atoms with Crippen LogP contribution in [0, 0.1) is 0 Å². The third-order valence-electron chi connectivity index (χ3n) is 7.72. The van der Waals surface area contributed by atoms with E-state index in [0.29, 0.717) is 35.4 Å². The van der Waals surface area contributed by atoms with Crippen LogP contribution in [0.3, 0.4) is 0 Å². The number of Topliss-reactive ketones (excluding diaryl/α,β-unsaturated/α-hetero) is 1. The number of dihydropyridines is 1. The molecule has 0 bridgehead atoms. The minimum absolute atomic E-state index is 0.0429. The molecule has 0 aromatic heterocycles. The lowest BCUT2D eigenvalue weighted by Crippen LogP contribution is -2.36. The number of nitrogens with one attached hydrogen (secondary N) is 1. The molecular formula is C31H33NO7. The summed E-state index contributed by atoms with van der Waals surface area (Å²) in [5.74, 6) is -0.930. The van der Waals surface area contributed by atoms with Crippen molar-refractivity contribution in [1.82, 2.24) is 5.32 Å². The monoisotopic (exact) mass is 531 g/mol. The quantitative estimate of drug-likeness (QED) is 0.519. The Bertz CT molecular complexity index is 1330. The van der Waals surface area contributed by atoms with Gasteiger partial charge in [0.2, 0.25) is 0 Å². The van der Waals surface area contributed by atoms with Crippen molar-refractivity contribution in [3.8, 4) is 5.75 Å². The maximum Gasteiger partial charge on any atom is 0.337 e. The SMILES string of the molecule is COC(=O)c1ccc([C@H]2C(C(=O)OC[C@@H]3CCCO3)=C(C)NC3=C2C(=O)C[C@@H](c2ccccc2OC)C3)cc1. The molecule has 5 rings (SSSR count). The smallest absolute Gasteiger partial charge is 0.337 e. The van der Waals surface area contributed by atoms with Crippen LogP contribution < -0.4 is 10.1 Å². The molecule has 1 aliphatic carbocycles. The van der Waals surface area contributed by atoms with Gasteiger partial charge in [0.25, 0.3) is 0 Å². The van der Waals surface area contributed by atoms with Gasteiger partial charge in [-0.15, -0.1) is 0 Å². The lowest BCUT2D eigenvalue weighted by molar-refractivity contribution is -0.142. The van der Waals surface area contributed by atoms with Crippen molar-refractivity contribution in [3.05, 3.63) is 87.8 Å². The Hall–Kier alpha value is -3.91. The number of para-hydroxylation sites is 1. The number of rotatable bonds is 7. The molecule has 2 aliphatic heterocycles. The molecule has 39 heavy (non-hydrogen) atoms. The molecule has 0 amide bonds. The summed E-state index contributed by atoms with van der Waals surface area (Å²) < 4.78 is 21.7. The molecule has 1 saturated heterocycles. The molecule has 2 aromatic rings. The third kappa shape index (κ3) is 5.34. The summed E-state index contributed by atoms with van der Waals surface area (Å²) in [6.07, 6.45) is 2.55. The molecule has 3 atom stereocenters. The van der Waals surface area contributed by atoms with Gasteiger partial charge in [-0.25, -0.2) is 9.59 Å². The van der Waals surface area contributed by atoms with Gasteiger partial charge in [-0.1, -0.05) is 30.3 Å². The summed E-state index contributed by atoms with van der Waals surface area (Å²) >= 11 is 0. The van der Waals surface area contributed by atoms with Crippen LogP contribution >= 0.6 is 0 Å². The molecule has 0 saturated carbocycles. The fourth-order valence-corrected chi connectivity index (χ4v) is 5.82. The molecule has 3 aliphatic rings. The summed E-state index contributed by atoms with van der Waals surface area (Å²) in [5.41, 5.74) is 4.47. The van der Waals surface area contributed by atoms with Crippen LogP contribution in [0.2, 0.25) is 0 Å². The average Bonchev–Trinajstić information content (AvgIpc) is 3.48. The van der Waals surface area contributed by atoms with E-state index in [-0.39, 0.29) is 30.8 Å². The van der Waals surface area contributed by atoms with Gasteiger partial charge in [0, 0.05) is 41.8 Å². The Morgan fingerprint density at radius 1 is 1.03 bits per heavy atom. The third-order valence-corrected chi connectivity index (χ3v) is 7.72. The summed E-state index contributed by atoms with van der Waals surface area (Å²) in [5, 5.41) is 3.37. The van der Waals surface area contributed by atoms with Crippen LogP contribution in [0.15, 0.2) is 71.1 Å². The largest absolute Gasteiger partial charge is 0.496 e. The maximum atomic E-state index is 13.9. The van der Waals surface area contributed by atoms with Crippen molar-refractivity contribution in [1.29, 1.82) is 0 Å². The highest BCUT2D eigenvalue weighted by Crippen LogP contribution is 2.47. The molecule has 8 nitrogen and oxygen atoms in total. The topological polar surface area (TPSA) is 100 Å². The molecule has 0 unspecified atom stereocenters.